The van der Waals surface area contributed by atoms with E-state index in [9.17, 15) is 22.4 Å². The first-order valence-electron chi connectivity index (χ1n) is 5.21. The number of carbonyl (C=O) groups is 1. The molecule has 8 heteroatoms. The number of aliphatic hydroxyl groups excluding tert-OH is 1. The van der Waals surface area contributed by atoms with Crippen LogP contribution in [-0.2, 0) is 0 Å². The Morgan fingerprint density at radius 3 is 2.32 bits per heavy atom. The van der Waals surface area contributed by atoms with E-state index in [1.165, 1.54) is 6.92 Å². The van der Waals surface area contributed by atoms with Crippen molar-refractivity contribution in [3.8, 4) is 5.75 Å². The molecule has 0 spiro atoms. The topological polar surface area (TPSA) is 58.6 Å². The van der Waals surface area contributed by atoms with Crippen molar-refractivity contribution in [1.82, 2.24) is 5.32 Å². The van der Waals surface area contributed by atoms with E-state index < -0.39 is 41.6 Å². The molecule has 1 atom stereocenters. The van der Waals surface area contributed by atoms with Crippen molar-refractivity contribution in [1.29, 1.82) is 0 Å². The Balaban J connectivity index is 2.93. The zero-order chi connectivity index (χ0) is 14.6. The molecule has 1 rings (SSSR count). The van der Waals surface area contributed by atoms with E-state index in [0.717, 1.165) is 0 Å². The molecular weight excluding hydrogens is 270 g/mol. The Morgan fingerprint density at radius 2 is 1.89 bits per heavy atom. The molecule has 106 valence electrons. The fourth-order valence-corrected chi connectivity index (χ4v) is 1.27. The minimum atomic E-state index is -3.23. The molecule has 1 unspecified atom stereocenters. The minimum absolute atomic E-state index is 0.201. The average molecular weight is 281 g/mol. The second kappa shape index (κ2) is 6.37. The SMILES string of the molecule is CC(O)CNC(=O)c1c(F)cc(OC(F)F)cc1F. The lowest BCUT2D eigenvalue weighted by atomic mass is 10.1. The number of amides is 1. The largest absolute Gasteiger partial charge is 0.435 e. The van der Waals surface area contributed by atoms with Gasteiger partial charge < -0.3 is 15.2 Å². The third-order valence-corrected chi connectivity index (χ3v) is 2.03. The predicted octanol–water partition coefficient (Wildman–Crippen LogP) is 1.68. The molecule has 19 heavy (non-hydrogen) atoms. The van der Waals surface area contributed by atoms with Gasteiger partial charge in [-0.1, -0.05) is 0 Å². The summed E-state index contributed by atoms with van der Waals surface area (Å²) in [6, 6.07) is 0.957. The highest BCUT2D eigenvalue weighted by molar-refractivity contribution is 5.94. The molecule has 0 aliphatic carbocycles. The van der Waals surface area contributed by atoms with Gasteiger partial charge in [-0.05, 0) is 6.92 Å². The van der Waals surface area contributed by atoms with Crippen LogP contribution in [0.3, 0.4) is 0 Å². The first-order chi connectivity index (χ1) is 8.81. The Morgan fingerprint density at radius 1 is 1.37 bits per heavy atom. The molecule has 0 aromatic heterocycles. The smallest absolute Gasteiger partial charge is 0.387 e. The Hall–Kier alpha value is -1.83. The molecule has 0 aliphatic heterocycles. The molecule has 1 aromatic carbocycles. The second-order valence-corrected chi connectivity index (χ2v) is 3.70. The van der Waals surface area contributed by atoms with Crippen LogP contribution in [-0.4, -0.2) is 30.3 Å². The quantitative estimate of drug-likeness (QED) is 0.807. The van der Waals surface area contributed by atoms with Gasteiger partial charge in [-0.3, -0.25) is 4.79 Å². The number of hydrogen-bond acceptors (Lipinski definition) is 3. The van der Waals surface area contributed by atoms with E-state index in [1.807, 2.05) is 0 Å². The summed E-state index contributed by atoms with van der Waals surface area (Å²) in [7, 11) is 0. The molecular formula is C11H11F4NO3. The highest BCUT2D eigenvalue weighted by Gasteiger charge is 2.20. The van der Waals surface area contributed by atoms with Gasteiger partial charge in [0.2, 0.25) is 0 Å². The fourth-order valence-electron chi connectivity index (χ4n) is 1.27. The van der Waals surface area contributed by atoms with Crippen molar-refractivity contribution >= 4 is 5.91 Å². The van der Waals surface area contributed by atoms with Crippen LogP contribution in [0.25, 0.3) is 0 Å². The first-order valence-corrected chi connectivity index (χ1v) is 5.21. The Bertz CT molecular complexity index is 442. The van der Waals surface area contributed by atoms with Gasteiger partial charge in [0.25, 0.3) is 5.91 Å². The maximum atomic E-state index is 13.4. The van der Waals surface area contributed by atoms with Gasteiger partial charge in [0.1, 0.15) is 22.9 Å². The van der Waals surface area contributed by atoms with Crippen molar-refractivity contribution < 1.29 is 32.2 Å². The number of rotatable bonds is 5. The van der Waals surface area contributed by atoms with E-state index in [0.29, 0.717) is 12.1 Å². The lowest BCUT2D eigenvalue weighted by Gasteiger charge is -2.10. The van der Waals surface area contributed by atoms with Gasteiger partial charge in [0, 0.05) is 18.7 Å². The minimum Gasteiger partial charge on any atom is -0.435 e. The number of halogens is 4. The van der Waals surface area contributed by atoms with Gasteiger partial charge in [-0.2, -0.15) is 8.78 Å². The summed E-state index contributed by atoms with van der Waals surface area (Å²) >= 11 is 0. The highest BCUT2D eigenvalue weighted by Crippen LogP contribution is 2.22. The summed E-state index contributed by atoms with van der Waals surface area (Å²) < 4.78 is 54.5. The second-order valence-electron chi connectivity index (χ2n) is 3.70. The summed E-state index contributed by atoms with van der Waals surface area (Å²) in [4.78, 5) is 11.4. The van der Waals surface area contributed by atoms with Gasteiger partial charge in [-0.15, -0.1) is 0 Å². The van der Waals surface area contributed by atoms with Crippen LogP contribution in [0.5, 0.6) is 5.75 Å². The van der Waals surface area contributed by atoms with Crippen LogP contribution in [0.15, 0.2) is 12.1 Å². The number of hydrogen-bond donors (Lipinski definition) is 2. The third-order valence-electron chi connectivity index (χ3n) is 2.03. The fraction of sp³-hybridized carbons (Fsp3) is 0.364. The number of ether oxygens (including phenoxy) is 1. The molecule has 0 aliphatic rings. The maximum Gasteiger partial charge on any atom is 0.387 e. The van der Waals surface area contributed by atoms with E-state index in [1.54, 1.807) is 0 Å². The van der Waals surface area contributed by atoms with E-state index in [-0.39, 0.29) is 6.54 Å². The van der Waals surface area contributed by atoms with Crippen LogP contribution in [0.4, 0.5) is 17.6 Å². The number of benzene rings is 1. The lowest BCUT2D eigenvalue weighted by molar-refractivity contribution is -0.0501. The highest BCUT2D eigenvalue weighted by atomic mass is 19.3. The van der Waals surface area contributed by atoms with Crippen LogP contribution in [0.1, 0.15) is 17.3 Å². The van der Waals surface area contributed by atoms with Crippen molar-refractivity contribution in [3.63, 3.8) is 0 Å². The normalized spacial score (nSPS) is 12.4. The maximum absolute atomic E-state index is 13.4. The number of alkyl halides is 2. The molecule has 0 saturated carbocycles. The monoisotopic (exact) mass is 281 g/mol. The molecule has 1 amide bonds. The molecule has 0 radical (unpaired) electrons. The molecule has 4 nitrogen and oxygen atoms in total. The van der Waals surface area contributed by atoms with Crippen molar-refractivity contribution in [2.45, 2.75) is 19.6 Å². The zero-order valence-electron chi connectivity index (χ0n) is 9.79. The average Bonchev–Trinajstić information content (AvgIpc) is 2.24. The molecule has 2 N–H and O–H groups in total. The summed E-state index contributed by atoms with van der Waals surface area (Å²) in [5.41, 5.74) is -0.928. The van der Waals surface area contributed by atoms with Gasteiger partial charge in [-0.25, -0.2) is 8.78 Å². The van der Waals surface area contributed by atoms with Gasteiger partial charge >= 0.3 is 6.61 Å². The summed E-state index contributed by atoms with van der Waals surface area (Å²) in [5, 5.41) is 11.0. The molecule has 0 saturated heterocycles. The summed E-state index contributed by atoms with van der Waals surface area (Å²) in [6.07, 6.45) is -0.892. The van der Waals surface area contributed by atoms with E-state index >= 15 is 0 Å². The Labute approximate surface area is 106 Å². The summed E-state index contributed by atoms with van der Waals surface area (Å²) in [5.74, 6) is -4.49. The van der Waals surface area contributed by atoms with Crippen LogP contribution in [0.2, 0.25) is 0 Å². The van der Waals surface area contributed by atoms with Crippen molar-refractivity contribution in [2.75, 3.05) is 6.54 Å². The first kappa shape index (κ1) is 15.2. The van der Waals surface area contributed by atoms with Crippen LogP contribution < -0.4 is 10.1 Å². The number of aliphatic hydroxyl groups is 1. The van der Waals surface area contributed by atoms with Crippen molar-refractivity contribution in [3.05, 3.63) is 29.3 Å². The lowest BCUT2D eigenvalue weighted by Crippen LogP contribution is -2.31. The van der Waals surface area contributed by atoms with Crippen molar-refractivity contribution in [2.24, 2.45) is 0 Å². The van der Waals surface area contributed by atoms with Gasteiger partial charge in [0.15, 0.2) is 0 Å². The molecule has 0 heterocycles. The van der Waals surface area contributed by atoms with E-state index in [4.69, 9.17) is 5.11 Å². The Kier molecular flexibility index (Phi) is 5.11. The molecule has 0 bridgehead atoms. The van der Waals surface area contributed by atoms with Gasteiger partial charge in [0.05, 0.1) is 6.10 Å². The standard InChI is InChI=1S/C11H11F4NO3/c1-5(17)4-16-10(18)9-7(12)2-6(3-8(9)13)19-11(14)15/h2-3,5,11,17H,4H2,1H3,(H,16,18). The number of carbonyl (C=O) groups excluding carboxylic acids is 1. The van der Waals surface area contributed by atoms with E-state index in [2.05, 4.69) is 10.1 Å². The van der Waals surface area contributed by atoms with Crippen LogP contribution in [0, 0.1) is 11.6 Å². The number of nitrogens with one attached hydrogen (secondary N) is 1. The molecule has 1 aromatic rings. The summed E-state index contributed by atoms with van der Waals surface area (Å²) in [6.45, 7) is -2.06. The predicted molar refractivity (Wildman–Crippen MR) is 57.0 cm³/mol. The molecule has 0 fully saturated rings. The zero-order valence-corrected chi connectivity index (χ0v) is 9.79. The third kappa shape index (κ3) is 4.40. The van der Waals surface area contributed by atoms with Crippen LogP contribution >= 0.6 is 0 Å².